The summed E-state index contributed by atoms with van der Waals surface area (Å²) in [6.45, 7) is 1.93. The average molecular weight is 306 g/mol. The van der Waals surface area contributed by atoms with Crippen LogP contribution < -0.4 is 0 Å². The lowest BCUT2D eigenvalue weighted by atomic mass is 10.1. The molecule has 0 fully saturated rings. The van der Waals surface area contributed by atoms with Gasteiger partial charge in [0.25, 0.3) is 0 Å². The molecule has 0 aliphatic carbocycles. The molecule has 0 saturated carbocycles. The molecule has 0 aliphatic rings. The molecule has 23 heavy (non-hydrogen) atoms. The SMILES string of the molecule is CC(c1ccco1)N(C)C(=O)/C=C/c1cccc2cccnc12. The van der Waals surface area contributed by atoms with Gasteiger partial charge < -0.3 is 9.32 Å². The monoisotopic (exact) mass is 306 g/mol. The molecule has 3 aromatic rings. The van der Waals surface area contributed by atoms with Gasteiger partial charge in [-0.1, -0.05) is 24.3 Å². The lowest BCUT2D eigenvalue weighted by Crippen LogP contribution is -2.27. The summed E-state index contributed by atoms with van der Waals surface area (Å²) in [4.78, 5) is 18.4. The van der Waals surface area contributed by atoms with Gasteiger partial charge in [-0.3, -0.25) is 9.78 Å². The summed E-state index contributed by atoms with van der Waals surface area (Å²) >= 11 is 0. The molecule has 0 aliphatic heterocycles. The van der Waals surface area contributed by atoms with Gasteiger partial charge in [0.05, 0.1) is 17.8 Å². The quantitative estimate of drug-likeness (QED) is 0.683. The Kier molecular flexibility index (Phi) is 4.24. The van der Waals surface area contributed by atoms with E-state index < -0.39 is 0 Å². The molecule has 0 N–H and O–H groups in total. The van der Waals surface area contributed by atoms with Crippen molar-refractivity contribution in [2.24, 2.45) is 0 Å². The second-order valence-electron chi connectivity index (χ2n) is 5.40. The minimum atomic E-state index is -0.118. The summed E-state index contributed by atoms with van der Waals surface area (Å²) in [6.07, 6.45) is 6.75. The zero-order valence-corrected chi connectivity index (χ0v) is 13.1. The highest BCUT2D eigenvalue weighted by atomic mass is 16.3. The van der Waals surface area contributed by atoms with Crippen LogP contribution in [0, 0.1) is 0 Å². The lowest BCUT2D eigenvalue weighted by Gasteiger charge is -2.21. The van der Waals surface area contributed by atoms with Crippen LogP contribution in [0.5, 0.6) is 0 Å². The number of aromatic nitrogens is 1. The molecule has 4 nitrogen and oxygen atoms in total. The van der Waals surface area contributed by atoms with E-state index in [1.165, 1.54) is 0 Å². The van der Waals surface area contributed by atoms with Crippen molar-refractivity contribution in [3.8, 4) is 0 Å². The number of furan rings is 1. The Morgan fingerprint density at radius 1 is 1.22 bits per heavy atom. The predicted molar refractivity (Wildman–Crippen MR) is 90.7 cm³/mol. The van der Waals surface area contributed by atoms with E-state index in [-0.39, 0.29) is 11.9 Å². The van der Waals surface area contributed by atoms with E-state index in [0.717, 1.165) is 22.2 Å². The number of nitrogens with zero attached hydrogens (tertiary/aromatic N) is 2. The first-order chi connectivity index (χ1) is 11.2. The second-order valence-corrected chi connectivity index (χ2v) is 5.40. The smallest absolute Gasteiger partial charge is 0.246 e. The van der Waals surface area contributed by atoms with Crippen molar-refractivity contribution in [3.05, 3.63) is 72.3 Å². The maximum absolute atomic E-state index is 12.4. The molecule has 1 aromatic carbocycles. The lowest BCUT2D eigenvalue weighted by molar-refractivity contribution is -0.126. The van der Waals surface area contributed by atoms with Crippen LogP contribution in [0.25, 0.3) is 17.0 Å². The van der Waals surface area contributed by atoms with Crippen molar-refractivity contribution in [2.45, 2.75) is 13.0 Å². The third kappa shape index (κ3) is 3.16. The molecular formula is C19H18N2O2. The van der Waals surface area contributed by atoms with Crippen LogP contribution in [-0.4, -0.2) is 22.8 Å². The van der Waals surface area contributed by atoms with Crippen molar-refractivity contribution in [2.75, 3.05) is 7.05 Å². The van der Waals surface area contributed by atoms with E-state index in [2.05, 4.69) is 4.98 Å². The average Bonchev–Trinajstić information content (AvgIpc) is 3.12. The Balaban J connectivity index is 1.80. The number of likely N-dealkylation sites (N-methyl/N-ethyl adjacent to an activating group) is 1. The Hall–Kier alpha value is -2.88. The minimum absolute atomic E-state index is 0.0816. The molecule has 0 saturated heterocycles. The first kappa shape index (κ1) is 15.0. The standard InChI is InChI=1S/C19H18N2O2/c1-14(17-9-5-13-23-17)21(2)18(22)11-10-16-7-3-6-15-8-4-12-20-19(15)16/h3-14H,1-2H3/b11-10+. The number of hydrogen-bond donors (Lipinski definition) is 0. The fourth-order valence-electron chi connectivity index (χ4n) is 2.45. The number of rotatable bonds is 4. The topological polar surface area (TPSA) is 46.3 Å². The van der Waals surface area contributed by atoms with Gasteiger partial charge in [-0.15, -0.1) is 0 Å². The van der Waals surface area contributed by atoms with Crippen molar-refractivity contribution in [1.29, 1.82) is 0 Å². The molecule has 0 bridgehead atoms. The summed E-state index contributed by atoms with van der Waals surface area (Å²) in [5.41, 5.74) is 1.82. The van der Waals surface area contributed by atoms with E-state index in [1.54, 1.807) is 30.5 Å². The molecular weight excluding hydrogens is 288 g/mol. The summed E-state index contributed by atoms with van der Waals surface area (Å²) < 4.78 is 5.36. The Morgan fingerprint density at radius 3 is 2.83 bits per heavy atom. The Bertz CT molecular complexity index is 832. The van der Waals surface area contributed by atoms with Crippen molar-refractivity contribution in [3.63, 3.8) is 0 Å². The van der Waals surface area contributed by atoms with Gasteiger partial charge in [0.2, 0.25) is 5.91 Å². The van der Waals surface area contributed by atoms with E-state index in [9.17, 15) is 4.79 Å². The summed E-state index contributed by atoms with van der Waals surface area (Å²) in [5, 5.41) is 1.06. The highest BCUT2D eigenvalue weighted by molar-refractivity contribution is 5.95. The summed E-state index contributed by atoms with van der Waals surface area (Å²) in [7, 11) is 1.77. The third-order valence-corrected chi connectivity index (χ3v) is 3.95. The van der Waals surface area contributed by atoms with Gasteiger partial charge in [0.1, 0.15) is 5.76 Å². The number of para-hydroxylation sites is 1. The van der Waals surface area contributed by atoms with Gasteiger partial charge >= 0.3 is 0 Å². The third-order valence-electron chi connectivity index (χ3n) is 3.95. The normalized spacial score (nSPS) is 12.6. The molecule has 3 rings (SSSR count). The van der Waals surface area contributed by atoms with E-state index in [4.69, 9.17) is 4.42 Å². The molecule has 1 unspecified atom stereocenters. The second kappa shape index (κ2) is 6.48. The molecule has 1 amide bonds. The predicted octanol–water partition coefficient (Wildman–Crippen LogP) is 4.06. The summed E-state index contributed by atoms with van der Waals surface area (Å²) in [5.74, 6) is 0.683. The van der Waals surface area contributed by atoms with Crippen LogP contribution in [0.2, 0.25) is 0 Å². The Morgan fingerprint density at radius 2 is 2.04 bits per heavy atom. The van der Waals surface area contributed by atoms with Crippen LogP contribution in [0.3, 0.4) is 0 Å². The van der Waals surface area contributed by atoms with Crippen LogP contribution in [-0.2, 0) is 4.79 Å². The molecule has 2 heterocycles. The number of carbonyl (C=O) groups excluding carboxylic acids is 1. The zero-order chi connectivity index (χ0) is 16.2. The zero-order valence-electron chi connectivity index (χ0n) is 13.1. The molecule has 116 valence electrons. The number of hydrogen-bond acceptors (Lipinski definition) is 3. The van der Waals surface area contributed by atoms with Crippen LogP contribution in [0.15, 0.2) is 65.4 Å². The molecule has 0 spiro atoms. The van der Waals surface area contributed by atoms with Gasteiger partial charge in [0.15, 0.2) is 0 Å². The number of carbonyl (C=O) groups is 1. The fourth-order valence-corrected chi connectivity index (χ4v) is 2.45. The first-order valence-electron chi connectivity index (χ1n) is 7.49. The fraction of sp³-hybridized carbons (Fsp3) is 0.158. The van der Waals surface area contributed by atoms with E-state index in [0.29, 0.717) is 0 Å². The summed E-state index contributed by atoms with van der Waals surface area (Å²) in [6, 6.07) is 13.4. The van der Waals surface area contributed by atoms with Crippen LogP contribution in [0.1, 0.15) is 24.3 Å². The van der Waals surface area contributed by atoms with Crippen molar-refractivity contribution >= 4 is 22.9 Å². The Labute approximate surface area is 135 Å². The van der Waals surface area contributed by atoms with E-state index in [1.807, 2.05) is 55.5 Å². The highest BCUT2D eigenvalue weighted by Gasteiger charge is 2.17. The molecule has 0 radical (unpaired) electrons. The molecule has 2 aromatic heterocycles. The molecule has 4 heteroatoms. The van der Waals surface area contributed by atoms with Gasteiger partial charge in [-0.2, -0.15) is 0 Å². The molecule has 1 atom stereocenters. The number of pyridine rings is 1. The van der Waals surface area contributed by atoms with Crippen molar-refractivity contribution in [1.82, 2.24) is 9.88 Å². The van der Waals surface area contributed by atoms with Crippen LogP contribution >= 0.6 is 0 Å². The maximum atomic E-state index is 12.4. The van der Waals surface area contributed by atoms with Gasteiger partial charge in [0, 0.05) is 30.3 Å². The first-order valence-corrected chi connectivity index (χ1v) is 7.49. The number of fused-ring (bicyclic) bond motifs is 1. The largest absolute Gasteiger partial charge is 0.467 e. The van der Waals surface area contributed by atoms with Crippen LogP contribution in [0.4, 0.5) is 0 Å². The van der Waals surface area contributed by atoms with Gasteiger partial charge in [-0.05, 0) is 31.2 Å². The maximum Gasteiger partial charge on any atom is 0.246 e. The van der Waals surface area contributed by atoms with Gasteiger partial charge in [-0.25, -0.2) is 0 Å². The highest BCUT2D eigenvalue weighted by Crippen LogP contribution is 2.20. The van der Waals surface area contributed by atoms with Crippen molar-refractivity contribution < 1.29 is 9.21 Å². The van der Waals surface area contributed by atoms with E-state index >= 15 is 0 Å². The minimum Gasteiger partial charge on any atom is -0.467 e. The number of amides is 1. The number of benzene rings is 1.